The van der Waals surface area contributed by atoms with Gasteiger partial charge in [-0.25, -0.2) is 0 Å². The smallest absolute Gasteiger partial charge is 0 e. The standard InChI is InChI=1S/12BrH.Zn/h12*1H;. The quantitative estimate of drug-likeness (QED) is 0.231. The van der Waals surface area contributed by atoms with Crippen LogP contribution in [0.2, 0.25) is 0 Å². The van der Waals surface area contributed by atoms with Crippen molar-refractivity contribution >= 4 is 204 Å². The van der Waals surface area contributed by atoms with Crippen LogP contribution in [0.15, 0.2) is 0 Å². The van der Waals surface area contributed by atoms with E-state index in [4.69, 9.17) is 0 Å². The van der Waals surface area contributed by atoms with Crippen LogP contribution >= 0.6 is 204 Å². The van der Waals surface area contributed by atoms with E-state index < -0.39 is 0 Å². The molecule has 0 N–H and O–H groups in total. The van der Waals surface area contributed by atoms with Crippen LogP contribution in [-0.2, 0) is 19.5 Å². The minimum Gasteiger partial charge on any atom is -0.114 e. The van der Waals surface area contributed by atoms with Gasteiger partial charge < -0.3 is 0 Å². The van der Waals surface area contributed by atoms with Crippen LogP contribution < -0.4 is 0 Å². The predicted octanol–water partition coefficient (Wildman–Crippen LogP) is 6.93. The molecule has 0 aromatic heterocycles. The van der Waals surface area contributed by atoms with Gasteiger partial charge in [0.15, 0.2) is 0 Å². The van der Waals surface area contributed by atoms with Crippen molar-refractivity contribution in [2.75, 3.05) is 0 Å². The summed E-state index contributed by atoms with van der Waals surface area (Å²) in [6, 6.07) is 0. The molecule has 13 heavy (non-hydrogen) atoms. The van der Waals surface area contributed by atoms with Crippen molar-refractivity contribution in [1.29, 1.82) is 0 Å². The minimum absolute atomic E-state index is 0. The number of hydrogen-bond donors (Lipinski definition) is 0. The summed E-state index contributed by atoms with van der Waals surface area (Å²) in [6.07, 6.45) is 0. The maximum atomic E-state index is 0. The average molecular weight is 1040 g/mol. The molecule has 13 heteroatoms. The molecule has 0 aliphatic carbocycles. The van der Waals surface area contributed by atoms with E-state index >= 15 is 0 Å². The van der Waals surface area contributed by atoms with Gasteiger partial charge in [-0.1, -0.05) is 0 Å². The zero-order valence-corrected chi connectivity index (χ0v) is 29.1. The van der Waals surface area contributed by atoms with E-state index in [1.54, 1.807) is 0 Å². The summed E-state index contributed by atoms with van der Waals surface area (Å²) in [5.41, 5.74) is 0. The van der Waals surface area contributed by atoms with Crippen LogP contribution in [0.4, 0.5) is 0 Å². The Morgan fingerprint density at radius 3 is 0.154 bits per heavy atom. The summed E-state index contributed by atoms with van der Waals surface area (Å²) in [6.45, 7) is 0. The molecule has 0 fully saturated rings. The predicted molar refractivity (Wildman–Crippen MR) is 124 cm³/mol. The van der Waals surface area contributed by atoms with Gasteiger partial charge in [-0.2, -0.15) is 0 Å². The summed E-state index contributed by atoms with van der Waals surface area (Å²) in [5, 5.41) is 0. The van der Waals surface area contributed by atoms with Crippen molar-refractivity contribution in [2.45, 2.75) is 0 Å². The SMILES string of the molecule is Br.Br.Br.Br.Br.Br.Br.Br.Br.Br.Br.Br.[Zn]. The maximum absolute atomic E-state index is 0. The molecular weight excluding hydrogens is 1020 g/mol. The molecule has 0 bridgehead atoms. The van der Waals surface area contributed by atoms with E-state index in [1.807, 2.05) is 0 Å². The van der Waals surface area contributed by atoms with Gasteiger partial charge >= 0.3 is 0 Å². The summed E-state index contributed by atoms with van der Waals surface area (Å²) >= 11 is 0. The average Bonchev–Trinajstić information content (AvgIpc) is 0. The Hall–Kier alpha value is 6.38. The fourth-order valence-corrected chi connectivity index (χ4v) is 0. The molecule has 0 spiro atoms. The van der Waals surface area contributed by atoms with Gasteiger partial charge in [-0.05, 0) is 0 Å². The molecule has 0 aromatic rings. The first kappa shape index (κ1) is 161. The van der Waals surface area contributed by atoms with E-state index in [-0.39, 0.29) is 223 Å². The van der Waals surface area contributed by atoms with Gasteiger partial charge in [0.1, 0.15) is 0 Å². The number of hydrogen-bond acceptors (Lipinski definition) is 0. The normalized spacial score (nSPS) is 0. The second kappa shape index (κ2) is 136. The van der Waals surface area contributed by atoms with Crippen LogP contribution in [0.1, 0.15) is 0 Å². The molecule has 0 saturated heterocycles. The van der Waals surface area contributed by atoms with Gasteiger partial charge in [0.05, 0.1) is 0 Å². The third-order valence-corrected chi connectivity index (χ3v) is 0. The Labute approximate surface area is 218 Å². The summed E-state index contributed by atoms with van der Waals surface area (Å²) in [4.78, 5) is 0. The topological polar surface area (TPSA) is 0 Å². The van der Waals surface area contributed by atoms with Gasteiger partial charge in [0.25, 0.3) is 0 Å². The summed E-state index contributed by atoms with van der Waals surface area (Å²) in [7, 11) is 0. The molecular formula is H12Br12Zn. The van der Waals surface area contributed by atoms with E-state index in [2.05, 4.69) is 0 Å². The van der Waals surface area contributed by atoms with Crippen molar-refractivity contribution in [3.05, 3.63) is 0 Å². The Balaban J connectivity index is 0. The van der Waals surface area contributed by atoms with E-state index in [0.717, 1.165) is 0 Å². The zero-order chi connectivity index (χ0) is 0. The fourth-order valence-electron chi connectivity index (χ4n) is 0. The third kappa shape index (κ3) is 121. The fraction of sp³-hybridized carbons (Fsp3) is 0. The maximum Gasteiger partial charge on any atom is 0 e. The van der Waals surface area contributed by atoms with Crippen LogP contribution in [0, 0.1) is 0 Å². The molecule has 98 valence electrons. The third-order valence-electron chi connectivity index (χ3n) is 0. The first-order valence-corrected chi connectivity index (χ1v) is 0. The van der Waals surface area contributed by atoms with Crippen molar-refractivity contribution in [1.82, 2.24) is 0 Å². The van der Waals surface area contributed by atoms with Crippen molar-refractivity contribution in [3.63, 3.8) is 0 Å². The van der Waals surface area contributed by atoms with E-state index in [0.29, 0.717) is 0 Å². The van der Waals surface area contributed by atoms with E-state index in [1.165, 1.54) is 0 Å². The summed E-state index contributed by atoms with van der Waals surface area (Å²) < 4.78 is 0. The molecule has 0 unspecified atom stereocenters. The van der Waals surface area contributed by atoms with Crippen molar-refractivity contribution < 1.29 is 19.5 Å². The summed E-state index contributed by atoms with van der Waals surface area (Å²) in [5.74, 6) is 0. The zero-order valence-electron chi connectivity index (χ0n) is 5.61. The van der Waals surface area contributed by atoms with Crippen molar-refractivity contribution in [3.8, 4) is 0 Å². The Kier molecular flexibility index (Phi) is 1690. The van der Waals surface area contributed by atoms with Crippen molar-refractivity contribution in [2.24, 2.45) is 0 Å². The molecule has 0 heterocycles. The minimum atomic E-state index is 0. The number of rotatable bonds is 0. The van der Waals surface area contributed by atoms with Crippen LogP contribution in [-0.4, -0.2) is 0 Å². The molecule has 0 rings (SSSR count). The first-order valence-electron chi connectivity index (χ1n) is 0. The van der Waals surface area contributed by atoms with Gasteiger partial charge in [-0.3, -0.25) is 0 Å². The van der Waals surface area contributed by atoms with Crippen LogP contribution in [0.5, 0.6) is 0 Å². The molecule has 0 aliphatic heterocycles. The van der Waals surface area contributed by atoms with E-state index in [9.17, 15) is 0 Å². The largest absolute Gasteiger partial charge is 0.114 e. The molecule has 0 aromatic carbocycles. The van der Waals surface area contributed by atoms with Crippen LogP contribution in [0.25, 0.3) is 0 Å². The molecule has 0 atom stereocenters. The Morgan fingerprint density at radius 1 is 0.154 bits per heavy atom. The Morgan fingerprint density at radius 2 is 0.154 bits per heavy atom. The monoisotopic (exact) mass is 1020 g/mol. The van der Waals surface area contributed by atoms with Gasteiger partial charge in [-0.15, -0.1) is 204 Å². The first-order chi connectivity index (χ1) is 0. The second-order valence-electron chi connectivity index (χ2n) is 0. The van der Waals surface area contributed by atoms with Gasteiger partial charge in [0, 0.05) is 19.5 Å². The van der Waals surface area contributed by atoms with Crippen LogP contribution in [0.3, 0.4) is 0 Å². The van der Waals surface area contributed by atoms with Gasteiger partial charge in [0.2, 0.25) is 0 Å². The Bertz CT molecular complexity index is 5.09. The molecule has 0 nitrogen and oxygen atoms in total. The molecule has 0 amide bonds. The molecule has 0 radical (unpaired) electrons. The number of halogens is 12. The molecule has 0 aliphatic rings. The second-order valence-corrected chi connectivity index (χ2v) is 0. The molecule has 0 saturated carbocycles.